The van der Waals surface area contributed by atoms with E-state index in [1.807, 2.05) is 19.2 Å². The Labute approximate surface area is 183 Å². The van der Waals surface area contributed by atoms with Gasteiger partial charge in [-0.05, 0) is 72.6 Å². The number of carboxylic acids is 1. The van der Waals surface area contributed by atoms with Gasteiger partial charge in [-0.15, -0.1) is 0 Å². The first kappa shape index (κ1) is 21.2. The molecule has 0 bridgehead atoms. The van der Waals surface area contributed by atoms with Gasteiger partial charge in [-0.1, -0.05) is 44.0 Å². The number of carboxylic acid groups (broad SMARTS) is 1. The van der Waals surface area contributed by atoms with E-state index in [9.17, 15) is 9.59 Å². The van der Waals surface area contributed by atoms with Crippen LogP contribution in [-0.4, -0.2) is 28.6 Å². The van der Waals surface area contributed by atoms with Gasteiger partial charge in [0.25, 0.3) is 0 Å². The Balaban J connectivity index is 1.59. The van der Waals surface area contributed by atoms with Gasteiger partial charge >= 0.3 is 12.0 Å². The molecule has 2 fully saturated rings. The number of aliphatic carboxylic acids is 1. The smallest absolute Gasteiger partial charge is 0.322 e. The Morgan fingerprint density at radius 3 is 2.57 bits per heavy atom. The highest BCUT2D eigenvalue weighted by atomic mass is 35.5. The van der Waals surface area contributed by atoms with Crippen LogP contribution in [0.2, 0.25) is 5.02 Å². The second-order valence-corrected chi connectivity index (χ2v) is 10.2. The van der Waals surface area contributed by atoms with Crippen LogP contribution < -0.4 is 5.32 Å². The fraction of sp³-hybridized carbons (Fsp3) is 0.583. The summed E-state index contributed by atoms with van der Waals surface area (Å²) in [4.78, 5) is 25.1. The van der Waals surface area contributed by atoms with Gasteiger partial charge in [0.2, 0.25) is 0 Å². The highest BCUT2D eigenvalue weighted by Crippen LogP contribution is 2.62. The average Bonchev–Trinajstić information content (AvgIpc) is 2.59. The van der Waals surface area contributed by atoms with Crippen molar-refractivity contribution in [2.75, 3.05) is 6.54 Å². The SMILES string of the molecule is CC(C)C1=CN(CCC(=O)O)C(=O)N[C@@]1(C)c1ccc(C2CC3(CCC3)C2)c(Cl)c1. The minimum absolute atomic E-state index is 0.0879. The van der Waals surface area contributed by atoms with E-state index in [0.717, 1.165) is 16.2 Å². The summed E-state index contributed by atoms with van der Waals surface area (Å²) in [6.45, 7) is 6.32. The molecule has 0 unspecified atom stereocenters. The lowest BCUT2D eigenvalue weighted by Gasteiger charge is -2.54. The van der Waals surface area contributed by atoms with E-state index in [0.29, 0.717) is 11.3 Å². The fourth-order valence-corrected chi connectivity index (χ4v) is 5.86. The number of urea groups is 1. The number of hydrogen-bond acceptors (Lipinski definition) is 2. The van der Waals surface area contributed by atoms with E-state index in [1.165, 1.54) is 42.6 Å². The maximum Gasteiger partial charge on any atom is 0.322 e. The third-order valence-corrected chi connectivity index (χ3v) is 7.80. The molecule has 162 valence electrons. The zero-order valence-corrected chi connectivity index (χ0v) is 18.8. The van der Waals surface area contributed by atoms with Crippen molar-refractivity contribution in [3.63, 3.8) is 0 Å². The van der Waals surface area contributed by atoms with Crippen molar-refractivity contribution in [2.45, 2.75) is 70.8 Å². The van der Waals surface area contributed by atoms with Crippen molar-refractivity contribution in [3.05, 3.63) is 46.1 Å². The Kier molecular flexibility index (Phi) is 5.38. The molecule has 1 aromatic rings. The molecule has 1 aliphatic heterocycles. The van der Waals surface area contributed by atoms with Crippen molar-refractivity contribution >= 4 is 23.6 Å². The molecule has 0 aromatic heterocycles. The molecule has 2 amide bonds. The van der Waals surface area contributed by atoms with Gasteiger partial charge in [-0.25, -0.2) is 4.79 Å². The fourth-order valence-electron chi connectivity index (χ4n) is 5.52. The number of rotatable bonds is 6. The second kappa shape index (κ2) is 7.60. The molecule has 6 heteroatoms. The highest BCUT2D eigenvalue weighted by Gasteiger charge is 2.49. The lowest BCUT2D eigenvalue weighted by Crippen LogP contribution is -2.55. The van der Waals surface area contributed by atoms with Crippen LogP contribution in [0.15, 0.2) is 30.0 Å². The predicted octanol–water partition coefficient (Wildman–Crippen LogP) is 5.64. The summed E-state index contributed by atoms with van der Waals surface area (Å²) in [6.07, 6.45) is 8.32. The molecule has 1 heterocycles. The van der Waals surface area contributed by atoms with Crippen molar-refractivity contribution in [3.8, 4) is 0 Å². The van der Waals surface area contributed by atoms with E-state index in [-0.39, 0.29) is 24.9 Å². The van der Waals surface area contributed by atoms with Gasteiger partial charge in [0.15, 0.2) is 0 Å². The van der Waals surface area contributed by atoms with Gasteiger partial charge in [0.1, 0.15) is 0 Å². The number of nitrogens with one attached hydrogen (secondary N) is 1. The van der Waals surface area contributed by atoms with E-state index >= 15 is 0 Å². The number of halogens is 1. The van der Waals surface area contributed by atoms with Gasteiger partial charge in [0.05, 0.1) is 12.0 Å². The molecule has 2 saturated carbocycles. The zero-order chi connectivity index (χ0) is 21.7. The summed E-state index contributed by atoms with van der Waals surface area (Å²) in [5.74, 6) is -0.198. The summed E-state index contributed by atoms with van der Waals surface area (Å²) in [7, 11) is 0. The molecule has 2 N–H and O–H groups in total. The maximum absolute atomic E-state index is 12.7. The van der Waals surface area contributed by atoms with Crippen LogP contribution in [0, 0.1) is 11.3 Å². The van der Waals surface area contributed by atoms with Crippen LogP contribution in [0.1, 0.15) is 76.3 Å². The predicted molar refractivity (Wildman–Crippen MR) is 117 cm³/mol. The van der Waals surface area contributed by atoms with Crippen LogP contribution in [-0.2, 0) is 10.3 Å². The molecule has 3 aliphatic rings. The minimum atomic E-state index is -0.919. The van der Waals surface area contributed by atoms with Crippen LogP contribution in [0.3, 0.4) is 0 Å². The van der Waals surface area contributed by atoms with Crippen molar-refractivity contribution in [2.24, 2.45) is 11.3 Å². The van der Waals surface area contributed by atoms with Gasteiger partial charge in [-0.2, -0.15) is 0 Å². The Morgan fingerprint density at radius 1 is 1.33 bits per heavy atom. The van der Waals surface area contributed by atoms with Crippen molar-refractivity contribution in [1.29, 1.82) is 0 Å². The van der Waals surface area contributed by atoms with Gasteiger partial charge < -0.3 is 15.3 Å². The maximum atomic E-state index is 12.7. The molecule has 0 saturated heterocycles. The molecule has 1 spiro atoms. The number of hydrogen-bond donors (Lipinski definition) is 2. The molecule has 1 aromatic carbocycles. The number of benzene rings is 1. The van der Waals surface area contributed by atoms with E-state index in [1.54, 1.807) is 0 Å². The Hall–Kier alpha value is -2.01. The van der Waals surface area contributed by atoms with Crippen LogP contribution >= 0.6 is 11.6 Å². The number of nitrogens with zero attached hydrogens (tertiary/aromatic N) is 1. The minimum Gasteiger partial charge on any atom is -0.481 e. The number of carbonyl (C=O) groups excluding carboxylic acids is 1. The number of amides is 2. The third kappa shape index (κ3) is 3.62. The standard InChI is InChI=1S/C24H31ClN2O3/c1-15(2)19-14-27(10-7-21(28)29)22(30)26-23(19,3)17-5-6-18(20(25)11-17)16-12-24(13-16)8-4-9-24/h5-6,11,14-16H,4,7-10,12-13H2,1-3H3,(H,26,30)(H,28,29)/t23-/m0/s1. The normalized spacial score (nSPS) is 25.6. The van der Waals surface area contributed by atoms with Crippen LogP contribution in [0.25, 0.3) is 0 Å². The van der Waals surface area contributed by atoms with Crippen LogP contribution in [0.5, 0.6) is 0 Å². The molecule has 2 aliphatic carbocycles. The molecule has 5 nitrogen and oxygen atoms in total. The molecule has 4 rings (SSSR count). The molecular formula is C24H31ClN2O3. The summed E-state index contributed by atoms with van der Waals surface area (Å²) >= 11 is 6.74. The second-order valence-electron chi connectivity index (χ2n) is 9.83. The summed E-state index contributed by atoms with van der Waals surface area (Å²) < 4.78 is 0. The average molecular weight is 431 g/mol. The zero-order valence-electron chi connectivity index (χ0n) is 18.0. The van der Waals surface area contributed by atoms with Crippen molar-refractivity contribution < 1.29 is 14.7 Å². The molecule has 0 radical (unpaired) electrons. The topological polar surface area (TPSA) is 69.6 Å². The summed E-state index contributed by atoms with van der Waals surface area (Å²) in [6, 6.07) is 5.96. The Morgan fingerprint density at radius 2 is 2.03 bits per heavy atom. The monoisotopic (exact) mass is 430 g/mol. The largest absolute Gasteiger partial charge is 0.481 e. The van der Waals surface area contributed by atoms with Gasteiger partial charge in [-0.3, -0.25) is 4.79 Å². The summed E-state index contributed by atoms with van der Waals surface area (Å²) in [5.41, 5.74) is 3.14. The third-order valence-electron chi connectivity index (χ3n) is 7.47. The highest BCUT2D eigenvalue weighted by molar-refractivity contribution is 6.31. The number of carbonyl (C=O) groups is 2. The molecule has 1 atom stereocenters. The first-order valence-corrected chi connectivity index (χ1v) is 11.3. The van der Waals surface area contributed by atoms with E-state index in [4.69, 9.17) is 16.7 Å². The van der Waals surface area contributed by atoms with Gasteiger partial charge in [0, 0.05) is 17.8 Å². The van der Waals surface area contributed by atoms with E-state index < -0.39 is 11.5 Å². The van der Waals surface area contributed by atoms with Crippen molar-refractivity contribution in [1.82, 2.24) is 10.2 Å². The lowest BCUT2D eigenvalue weighted by atomic mass is 9.50. The first-order chi connectivity index (χ1) is 14.1. The Bertz CT molecular complexity index is 898. The molecule has 30 heavy (non-hydrogen) atoms. The van der Waals surface area contributed by atoms with Crippen LogP contribution in [0.4, 0.5) is 4.79 Å². The lowest BCUT2D eigenvalue weighted by molar-refractivity contribution is -0.137. The first-order valence-electron chi connectivity index (χ1n) is 11.0. The summed E-state index contributed by atoms with van der Waals surface area (Å²) in [5, 5.41) is 12.9. The van der Waals surface area contributed by atoms with E-state index in [2.05, 4.69) is 31.3 Å². The quantitative estimate of drug-likeness (QED) is 0.613. The molecular weight excluding hydrogens is 400 g/mol.